The number of benzene rings is 1. The SMILES string of the molecule is COc1ccccc1Sc1ccc(C(=O)N[C@@H]2C3CCN(C3)[C@H]2C)s1. The summed E-state index contributed by atoms with van der Waals surface area (Å²) < 4.78 is 6.50. The van der Waals surface area contributed by atoms with E-state index in [0.29, 0.717) is 12.0 Å². The molecular weight excluding hydrogens is 352 g/mol. The third-order valence-electron chi connectivity index (χ3n) is 5.24. The number of hydrogen-bond acceptors (Lipinski definition) is 5. The van der Waals surface area contributed by atoms with Gasteiger partial charge in [0.05, 0.1) is 21.1 Å². The first-order chi connectivity index (χ1) is 12.2. The molecule has 6 heteroatoms. The number of rotatable bonds is 5. The van der Waals surface area contributed by atoms with E-state index in [1.165, 1.54) is 13.0 Å². The number of carbonyl (C=O) groups excluding carboxylic acids is 1. The number of fused-ring (bicyclic) bond motifs is 2. The van der Waals surface area contributed by atoms with Gasteiger partial charge in [0.1, 0.15) is 5.75 Å². The van der Waals surface area contributed by atoms with E-state index < -0.39 is 0 Å². The highest BCUT2D eigenvalue weighted by atomic mass is 32.2. The van der Waals surface area contributed by atoms with Gasteiger partial charge in [-0.3, -0.25) is 9.69 Å². The Labute approximate surface area is 156 Å². The molecule has 132 valence electrons. The smallest absolute Gasteiger partial charge is 0.261 e. The van der Waals surface area contributed by atoms with Crippen molar-refractivity contribution in [2.24, 2.45) is 5.92 Å². The first kappa shape index (κ1) is 16.9. The Kier molecular flexibility index (Phi) is 4.75. The molecule has 25 heavy (non-hydrogen) atoms. The van der Waals surface area contributed by atoms with Crippen LogP contribution in [0.25, 0.3) is 0 Å². The number of para-hydroxylation sites is 1. The van der Waals surface area contributed by atoms with Crippen molar-refractivity contribution in [1.82, 2.24) is 10.2 Å². The predicted octanol–water partition coefficient (Wildman–Crippen LogP) is 3.73. The molecule has 1 aromatic heterocycles. The summed E-state index contributed by atoms with van der Waals surface area (Å²) in [6.45, 7) is 4.53. The average Bonchev–Trinajstić information content (AvgIpc) is 3.34. The molecule has 2 aliphatic rings. The Morgan fingerprint density at radius 1 is 1.32 bits per heavy atom. The zero-order chi connectivity index (χ0) is 17.4. The lowest BCUT2D eigenvalue weighted by Crippen LogP contribution is -2.48. The van der Waals surface area contributed by atoms with Gasteiger partial charge in [0.2, 0.25) is 0 Å². The largest absolute Gasteiger partial charge is 0.496 e. The fraction of sp³-hybridized carbons (Fsp3) is 0.421. The van der Waals surface area contributed by atoms with E-state index in [1.807, 2.05) is 36.4 Å². The Morgan fingerprint density at radius 2 is 2.16 bits per heavy atom. The Hall–Kier alpha value is -1.50. The summed E-state index contributed by atoms with van der Waals surface area (Å²) in [6, 6.07) is 12.6. The van der Waals surface area contributed by atoms with Gasteiger partial charge in [-0.2, -0.15) is 0 Å². The fourth-order valence-corrected chi connectivity index (χ4v) is 5.97. The quantitative estimate of drug-likeness (QED) is 0.866. The maximum atomic E-state index is 12.7. The summed E-state index contributed by atoms with van der Waals surface area (Å²) in [5.74, 6) is 1.53. The summed E-state index contributed by atoms with van der Waals surface area (Å²) in [7, 11) is 1.68. The predicted molar refractivity (Wildman–Crippen MR) is 102 cm³/mol. The van der Waals surface area contributed by atoms with Crippen LogP contribution in [-0.4, -0.2) is 43.1 Å². The summed E-state index contributed by atoms with van der Waals surface area (Å²) >= 11 is 3.18. The number of hydrogen-bond donors (Lipinski definition) is 1. The zero-order valence-electron chi connectivity index (χ0n) is 14.4. The van der Waals surface area contributed by atoms with Gasteiger partial charge < -0.3 is 10.1 Å². The third kappa shape index (κ3) is 3.30. The van der Waals surface area contributed by atoms with Crippen LogP contribution in [0.15, 0.2) is 45.5 Å². The molecule has 4 rings (SSSR count). The lowest BCUT2D eigenvalue weighted by molar-refractivity contribution is 0.0911. The molecule has 4 nitrogen and oxygen atoms in total. The van der Waals surface area contributed by atoms with E-state index >= 15 is 0 Å². The molecule has 1 amide bonds. The number of piperidine rings is 1. The normalized spacial score (nSPS) is 27.4. The van der Waals surface area contributed by atoms with Crippen molar-refractivity contribution in [2.45, 2.75) is 34.5 Å². The number of ether oxygens (including phenoxy) is 1. The van der Waals surface area contributed by atoms with Crippen LogP contribution in [0.1, 0.15) is 23.0 Å². The molecule has 2 saturated heterocycles. The number of nitrogens with zero attached hydrogens (tertiary/aromatic N) is 1. The molecule has 3 heterocycles. The molecule has 2 fully saturated rings. The molecule has 2 bridgehead atoms. The highest BCUT2D eigenvalue weighted by Crippen LogP contribution is 2.38. The molecule has 1 N–H and O–H groups in total. The van der Waals surface area contributed by atoms with Crippen LogP contribution in [0.5, 0.6) is 5.75 Å². The second-order valence-corrected chi connectivity index (χ2v) is 9.08. The summed E-state index contributed by atoms with van der Waals surface area (Å²) in [5.41, 5.74) is 0. The highest BCUT2D eigenvalue weighted by molar-refractivity contribution is 8.01. The van der Waals surface area contributed by atoms with E-state index in [0.717, 1.165) is 26.3 Å². The van der Waals surface area contributed by atoms with Crippen LogP contribution in [-0.2, 0) is 0 Å². The minimum Gasteiger partial charge on any atom is -0.496 e. The van der Waals surface area contributed by atoms with Gasteiger partial charge in [0.25, 0.3) is 5.91 Å². The van der Waals surface area contributed by atoms with Crippen LogP contribution in [0.4, 0.5) is 0 Å². The molecule has 0 saturated carbocycles. The highest BCUT2D eigenvalue weighted by Gasteiger charge is 2.44. The maximum Gasteiger partial charge on any atom is 0.261 e. The maximum absolute atomic E-state index is 12.7. The molecule has 0 radical (unpaired) electrons. The van der Waals surface area contributed by atoms with E-state index in [4.69, 9.17) is 4.74 Å². The third-order valence-corrected chi connectivity index (χ3v) is 7.52. The van der Waals surface area contributed by atoms with Crippen LogP contribution in [0.2, 0.25) is 0 Å². The van der Waals surface area contributed by atoms with Crippen molar-refractivity contribution in [2.75, 3.05) is 20.2 Å². The fourth-order valence-electron chi connectivity index (χ4n) is 3.87. The average molecular weight is 375 g/mol. The van der Waals surface area contributed by atoms with Crippen molar-refractivity contribution >= 4 is 29.0 Å². The van der Waals surface area contributed by atoms with Gasteiger partial charge in [0.15, 0.2) is 0 Å². The van der Waals surface area contributed by atoms with Gasteiger partial charge in [-0.15, -0.1) is 11.3 Å². The number of methoxy groups -OCH3 is 1. The summed E-state index contributed by atoms with van der Waals surface area (Å²) in [4.78, 5) is 17.0. The molecule has 2 aromatic rings. The van der Waals surface area contributed by atoms with Crippen molar-refractivity contribution in [3.05, 3.63) is 41.3 Å². The monoisotopic (exact) mass is 374 g/mol. The Morgan fingerprint density at radius 3 is 2.92 bits per heavy atom. The molecule has 2 aliphatic heterocycles. The van der Waals surface area contributed by atoms with Crippen LogP contribution < -0.4 is 10.1 Å². The van der Waals surface area contributed by atoms with Crippen molar-refractivity contribution in [3.63, 3.8) is 0 Å². The van der Waals surface area contributed by atoms with Crippen molar-refractivity contribution in [3.8, 4) is 5.75 Å². The van der Waals surface area contributed by atoms with E-state index in [-0.39, 0.29) is 11.9 Å². The topological polar surface area (TPSA) is 41.6 Å². The number of amides is 1. The summed E-state index contributed by atoms with van der Waals surface area (Å²) in [6.07, 6.45) is 1.20. The lowest BCUT2D eigenvalue weighted by Gasteiger charge is -2.29. The molecule has 2 unspecified atom stereocenters. The number of thiophene rings is 1. The number of carbonyl (C=O) groups is 1. The first-order valence-electron chi connectivity index (χ1n) is 8.61. The minimum atomic E-state index is 0.0578. The number of nitrogens with one attached hydrogen (secondary N) is 1. The Bertz CT molecular complexity index is 774. The molecule has 0 spiro atoms. The van der Waals surface area contributed by atoms with Gasteiger partial charge in [-0.25, -0.2) is 0 Å². The summed E-state index contributed by atoms with van der Waals surface area (Å²) in [5, 5.41) is 3.27. The van der Waals surface area contributed by atoms with Crippen LogP contribution >= 0.6 is 23.1 Å². The van der Waals surface area contributed by atoms with Gasteiger partial charge >= 0.3 is 0 Å². The van der Waals surface area contributed by atoms with Crippen molar-refractivity contribution < 1.29 is 9.53 Å². The standard InChI is InChI=1S/C19H22N2O2S2/c1-12-18(13-9-10-21(12)11-13)20-19(22)16-7-8-17(25-16)24-15-6-4-3-5-14(15)23-2/h3-8,12-13,18H,9-11H2,1-2H3,(H,20,22)/t12-,13?,18-/m0/s1. The van der Waals surface area contributed by atoms with Gasteiger partial charge in [-0.05, 0) is 50.1 Å². The molecule has 4 atom stereocenters. The lowest BCUT2D eigenvalue weighted by atomic mass is 9.94. The van der Waals surface area contributed by atoms with Crippen molar-refractivity contribution in [1.29, 1.82) is 0 Å². The first-order valence-corrected chi connectivity index (χ1v) is 10.2. The molecular formula is C19H22N2O2S2. The Balaban J connectivity index is 1.43. The van der Waals surface area contributed by atoms with Crippen LogP contribution in [0.3, 0.4) is 0 Å². The van der Waals surface area contributed by atoms with Crippen LogP contribution in [0, 0.1) is 5.92 Å². The van der Waals surface area contributed by atoms with E-state index in [2.05, 4.69) is 17.1 Å². The molecule has 1 aromatic carbocycles. The minimum absolute atomic E-state index is 0.0578. The van der Waals surface area contributed by atoms with Gasteiger partial charge in [-0.1, -0.05) is 23.9 Å². The second kappa shape index (κ2) is 7.02. The zero-order valence-corrected chi connectivity index (χ0v) is 16.0. The van der Waals surface area contributed by atoms with E-state index in [9.17, 15) is 4.79 Å². The molecule has 0 aliphatic carbocycles. The van der Waals surface area contributed by atoms with E-state index in [1.54, 1.807) is 30.2 Å². The second-order valence-electron chi connectivity index (χ2n) is 6.66. The van der Waals surface area contributed by atoms with Gasteiger partial charge in [0, 0.05) is 18.6 Å².